The second-order valence-corrected chi connectivity index (χ2v) is 9.94. The topological polar surface area (TPSA) is 81.1 Å². The van der Waals surface area contributed by atoms with Crippen LogP contribution in [0.1, 0.15) is 54.4 Å². The molecule has 2 heterocycles. The van der Waals surface area contributed by atoms with Gasteiger partial charge in [0.05, 0.1) is 18.3 Å². The molecule has 1 amide bonds. The minimum Gasteiger partial charge on any atom is -0.326 e. The number of ketones is 1. The zero-order valence-corrected chi connectivity index (χ0v) is 18.9. The number of thiophene rings is 1. The molecule has 1 unspecified atom stereocenters. The monoisotopic (exact) mass is 437 g/mol. The number of amides is 1. The number of fused-ring (bicyclic) bond motifs is 3. The highest BCUT2D eigenvalue weighted by Gasteiger charge is 2.23. The molecule has 0 radical (unpaired) electrons. The van der Waals surface area contributed by atoms with Gasteiger partial charge in [-0.3, -0.25) is 19.0 Å². The van der Waals surface area contributed by atoms with E-state index in [9.17, 15) is 14.4 Å². The minimum atomic E-state index is -0.166. The molecule has 162 valence electrons. The largest absolute Gasteiger partial charge is 0.326 e. The Labute approximate surface area is 185 Å². The maximum Gasteiger partial charge on any atom is 0.262 e. The van der Waals surface area contributed by atoms with Crippen LogP contribution >= 0.6 is 11.3 Å². The average molecular weight is 438 g/mol. The number of benzene rings is 1. The molecule has 1 N–H and O–H groups in total. The molecule has 1 aliphatic rings. The summed E-state index contributed by atoms with van der Waals surface area (Å²) in [6.07, 6.45) is 4.90. The first kappa shape index (κ1) is 21.4. The number of carbonyl (C=O) groups excluding carboxylic acids is 2. The van der Waals surface area contributed by atoms with Gasteiger partial charge >= 0.3 is 0 Å². The van der Waals surface area contributed by atoms with E-state index in [1.807, 2.05) is 13.8 Å². The van der Waals surface area contributed by atoms with Gasteiger partial charge < -0.3 is 5.32 Å². The number of anilines is 1. The lowest BCUT2D eigenvalue weighted by Gasteiger charge is -2.17. The third-order valence-corrected chi connectivity index (χ3v) is 6.84. The van der Waals surface area contributed by atoms with E-state index in [2.05, 4.69) is 17.2 Å². The van der Waals surface area contributed by atoms with Crippen LogP contribution in [0.5, 0.6) is 0 Å². The van der Waals surface area contributed by atoms with Gasteiger partial charge in [0.2, 0.25) is 5.91 Å². The summed E-state index contributed by atoms with van der Waals surface area (Å²) in [7, 11) is 0. The Morgan fingerprint density at radius 1 is 1.26 bits per heavy atom. The van der Waals surface area contributed by atoms with Crippen molar-refractivity contribution in [1.29, 1.82) is 0 Å². The molecule has 1 aromatic carbocycles. The van der Waals surface area contributed by atoms with E-state index in [1.165, 1.54) is 15.8 Å². The van der Waals surface area contributed by atoms with E-state index in [-0.39, 0.29) is 29.7 Å². The fourth-order valence-corrected chi connectivity index (χ4v) is 5.39. The van der Waals surface area contributed by atoms with Gasteiger partial charge in [0.25, 0.3) is 5.56 Å². The molecule has 0 saturated carbocycles. The maximum atomic E-state index is 13.1. The fraction of sp³-hybridized carbons (Fsp3) is 0.417. The van der Waals surface area contributed by atoms with E-state index < -0.39 is 0 Å². The Kier molecular flexibility index (Phi) is 6.05. The van der Waals surface area contributed by atoms with Crippen molar-refractivity contribution in [3.05, 3.63) is 57.0 Å². The molecule has 0 fully saturated rings. The number of aromatic nitrogens is 2. The van der Waals surface area contributed by atoms with Crippen LogP contribution in [0, 0.1) is 11.8 Å². The quantitative estimate of drug-likeness (QED) is 0.578. The van der Waals surface area contributed by atoms with Crippen LogP contribution < -0.4 is 10.9 Å². The molecular weight excluding hydrogens is 410 g/mol. The lowest BCUT2D eigenvalue weighted by molar-refractivity contribution is -0.116. The van der Waals surface area contributed by atoms with Crippen molar-refractivity contribution in [1.82, 2.24) is 9.55 Å². The van der Waals surface area contributed by atoms with E-state index in [0.29, 0.717) is 29.0 Å². The molecular formula is C24H27N3O3S. The normalized spacial score (nSPS) is 15.8. The predicted octanol–water partition coefficient (Wildman–Crippen LogP) is 4.45. The number of nitrogens with zero attached hydrogens (tertiary/aromatic N) is 2. The van der Waals surface area contributed by atoms with Gasteiger partial charge in [-0.05, 0) is 60.9 Å². The van der Waals surface area contributed by atoms with Crippen LogP contribution in [-0.4, -0.2) is 21.2 Å². The van der Waals surface area contributed by atoms with Gasteiger partial charge in [-0.2, -0.15) is 0 Å². The summed E-state index contributed by atoms with van der Waals surface area (Å²) in [5, 5.41) is 3.52. The SMILES string of the molecule is CC(C)CC(=O)Nc1ccc(C(=O)Cn2cnc3sc4c(c3c2=O)CCC(C)C4)cc1. The summed E-state index contributed by atoms with van der Waals surface area (Å²) in [5.74, 6) is 0.694. The predicted molar refractivity (Wildman–Crippen MR) is 124 cm³/mol. The molecule has 0 bridgehead atoms. The molecule has 7 heteroatoms. The van der Waals surface area contributed by atoms with E-state index >= 15 is 0 Å². The number of nitrogens with one attached hydrogen (secondary N) is 1. The summed E-state index contributed by atoms with van der Waals surface area (Å²) in [5.41, 5.74) is 2.14. The first-order chi connectivity index (χ1) is 14.8. The van der Waals surface area contributed by atoms with Gasteiger partial charge in [-0.1, -0.05) is 20.8 Å². The van der Waals surface area contributed by atoms with Crippen LogP contribution in [0.25, 0.3) is 10.2 Å². The first-order valence-corrected chi connectivity index (χ1v) is 11.6. The van der Waals surface area contributed by atoms with Gasteiger partial charge in [-0.25, -0.2) is 4.98 Å². The fourth-order valence-electron chi connectivity index (χ4n) is 4.05. The molecule has 3 aromatic rings. The summed E-state index contributed by atoms with van der Waals surface area (Å²) in [4.78, 5) is 44.3. The van der Waals surface area contributed by atoms with Gasteiger partial charge in [0, 0.05) is 22.5 Å². The third-order valence-electron chi connectivity index (χ3n) is 5.68. The highest BCUT2D eigenvalue weighted by atomic mass is 32.1. The number of hydrogen-bond acceptors (Lipinski definition) is 5. The second kappa shape index (κ2) is 8.75. The smallest absolute Gasteiger partial charge is 0.262 e. The first-order valence-electron chi connectivity index (χ1n) is 10.7. The summed E-state index contributed by atoms with van der Waals surface area (Å²) in [6, 6.07) is 6.79. The van der Waals surface area contributed by atoms with Crippen molar-refractivity contribution in [2.24, 2.45) is 11.8 Å². The molecule has 2 aromatic heterocycles. The van der Waals surface area contributed by atoms with Crippen LogP contribution in [0.2, 0.25) is 0 Å². The van der Waals surface area contributed by atoms with E-state index in [1.54, 1.807) is 35.6 Å². The molecule has 0 saturated heterocycles. The Balaban J connectivity index is 1.51. The zero-order valence-electron chi connectivity index (χ0n) is 18.1. The number of rotatable bonds is 6. The Hall–Kier alpha value is -2.80. The van der Waals surface area contributed by atoms with Crippen LogP contribution in [0.4, 0.5) is 5.69 Å². The highest BCUT2D eigenvalue weighted by molar-refractivity contribution is 7.18. The average Bonchev–Trinajstić information content (AvgIpc) is 3.08. The van der Waals surface area contributed by atoms with Crippen molar-refractivity contribution in [3.63, 3.8) is 0 Å². The highest BCUT2D eigenvalue weighted by Crippen LogP contribution is 2.35. The summed E-state index contributed by atoms with van der Waals surface area (Å²) >= 11 is 1.61. The maximum absolute atomic E-state index is 13.1. The second-order valence-electron chi connectivity index (χ2n) is 8.86. The van der Waals surface area contributed by atoms with Crippen LogP contribution in [0.15, 0.2) is 35.4 Å². The van der Waals surface area contributed by atoms with Crippen molar-refractivity contribution in [3.8, 4) is 0 Å². The number of Topliss-reactive ketones (excluding diaryl/α,β-unsaturated/α-hetero) is 1. The van der Waals surface area contributed by atoms with Crippen LogP contribution in [0.3, 0.4) is 0 Å². The number of aryl methyl sites for hydroxylation is 1. The molecule has 0 spiro atoms. The molecule has 4 rings (SSSR count). The van der Waals surface area contributed by atoms with Gasteiger partial charge in [-0.15, -0.1) is 11.3 Å². The van der Waals surface area contributed by atoms with Crippen molar-refractivity contribution in [2.45, 2.75) is 53.0 Å². The van der Waals surface area contributed by atoms with Crippen LogP contribution in [-0.2, 0) is 24.2 Å². The lowest BCUT2D eigenvalue weighted by Crippen LogP contribution is -2.25. The molecule has 31 heavy (non-hydrogen) atoms. The van der Waals surface area contributed by atoms with Crippen molar-refractivity contribution in [2.75, 3.05) is 5.32 Å². The molecule has 1 atom stereocenters. The Morgan fingerprint density at radius 3 is 2.71 bits per heavy atom. The third kappa shape index (κ3) is 4.61. The van der Waals surface area contributed by atoms with E-state index in [4.69, 9.17) is 0 Å². The zero-order chi connectivity index (χ0) is 22.1. The number of hydrogen-bond donors (Lipinski definition) is 1. The lowest BCUT2D eigenvalue weighted by atomic mass is 9.89. The van der Waals surface area contributed by atoms with Crippen molar-refractivity contribution < 1.29 is 9.59 Å². The number of carbonyl (C=O) groups is 2. The minimum absolute atomic E-state index is 0.0477. The standard InChI is InChI=1S/C24H27N3O3S/c1-14(2)10-21(29)26-17-7-5-16(6-8-17)19(28)12-27-13-25-23-22(24(27)30)18-9-4-15(3)11-20(18)31-23/h5-8,13-15H,4,9-12H2,1-3H3,(H,26,29). The summed E-state index contributed by atoms with van der Waals surface area (Å²) in [6.45, 7) is 6.16. The summed E-state index contributed by atoms with van der Waals surface area (Å²) < 4.78 is 1.41. The Morgan fingerprint density at radius 2 is 2.00 bits per heavy atom. The molecule has 0 aliphatic heterocycles. The van der Waals surface area contributed by atoms with Gasteiger partial charge in [0.1, 0.15) is 4.83 Å². The van der Waals surface area contributed by atoms with Gasteiger partial charge in [0.15, 0.2) is 5.78 Å². The Bertz CT molecular complexity index is 1190. The van der Waals surface area contributed by atoms with E-state index in [0.717, 1.165) is 29.7 Å². The molecule has 1 aliphatic carbocycles. The molecule has 6 nitrogen and oxygen atoms in total. The van der Waals surface area contributed by atoms with Crippen molar-refractivity contribution >= 4 is 38.9 Å².